The van der Waals surface area contributed by atoms with Crippen molar-refractivity contribution in [3.63, 3.8) is 0 Å². The quantitative estimate of drug-likeness (QED) is 0.290. The molecule has 5 saturated carbocycles. The molecule has 2 aromatic rings. The Balaban J connectivity index is 0.000000184. The zero-order valence-electron chi connectivity index (χ0n) is 36.8. The number of ether oxygens (including phenoxy) is 3. The molecule has 4 aliphatic heterocycles. The monoisotopic (exact) mass is 902 g/mol. The Hall–Kier alpha value is -2.65. The molecule has 0 aromatic heterocycles. The molecule has 7 aliphatic carbocycles. The fraction of sp³-hybridized carbons (Fsp3) is 0.688. The minimum Gasteiger partial charge on any atom is -0.504 e. The van der Waals surface area contributed by atoms with Crippen LogP contribution in [0.1, 0.15) is 108 Å². The number of rotatable bonds is 6. The molecule has 6 bridgehead atoms. The van der Waals surface area contributed by atoms with E-state index in [0.29, 0.717) is 43.2 Å². The maximum absolute atomic E-state index is 12.6. The van der Waals surface area contributed by atoms with E-state index in [1.807, 2.05) is 32.2 Å². The summed E-state index contributed by atoms with van der Waals surface area (Å²) >= 11 is 0. The number of Topliss-reactive ketones (excluding diaryl/α,β-unsaturated/α-hetero) is 1. The fourth-order valence-corrected chi connectivity index (χ4v) is 15.4. The van der Waals surface area contributed by atoms with Gasteiger partial charge in [0, 0.05) is 73.1 Å². The number of ketones is 1. The van der Waals surface area contributed by atoms with Crippen molar-refractivity contribution in [2.24, 2.45) is 22.7 Å². The van der Waals surface area contributed by atoms with Crippen molar-refractivity contribution in [1.29, 1.82) is 0 Å². The van der Waals surface area contributed by atoms with Gasteiger partial charge in [0.15, 0.2) is 34.9 Å². The largest absolute Gasteiger partial charge is 0.504 e. The summed E-state index contributed by atoms with van der Waals surface area (Å²) in [6.45, 7) is 16.2. The maximum atomic E-state index is 12.6. The molecular weight excluding hydrogens is 835 g/mol. The molecular formula is C48H68Cl2N2O10. The Bertz CT molecular complexity index is 2140. The van der Waals surface area contributed by atoms with E-state index in [-0.39, 0.29) is 87.4 Å². The first-order valence-corrected chi connectivity index (χ1v) is 22.2. The zero-order valence-corrected chi connectivity index (χ0v) is 38.4. The van der Waals surface area contributed by atoms with Gasteiger partial charge in [-0.05, 0) is 112 Å². The highest BCUT2D eigenvalue weighted by Gasteiger charge is 2.82. The number of fused-ring (bicyclic) bond motifs is 2. The van der Waals surface area contributed by atoms with Crippen LogP contribution in [0.2, 0.25) is 0 Å². The van der Waals surface area contributed by atoms with Crippen LogP contribution in [-0.2, 0) is 33.2 Å². The molecule has 0 amide bonds. The Kier molecular flexibility index (Phi) is 11.4. The van der Waals surface area contributed by atoms with Crippen molar-refractivity contribution in [1.82, 2.24) is 9.80 Å². The number of nitrogens with zero attached hydrogens (tertiary/aromatic N) is 2. The van der Waals surface area contributed by atoms with Crippen LogP contribution < -0.4 is 9.47 Å². The normalized spacial score (nSPS) is 39.3. The Morgan fingerprint density at radius 2 is 1.45 bits per heavy atom. The molecule has 11 aliphatic rings. The number of piperidine rings is 2. The number of hydrogen-bond donors (Lipinski definition) is 4. The van der Waals surface area contributed by atoms with Gasteiger partial charge in [0.2, 0.25) is 0 Å². The highest BCUT2D eigenvalue weighted by atomic mass is 35.5. The van der Waals surface area contributed by atoms with Crippen LogP contribution in [0.15, 0.2) is 36.9 Å². The van der Waals surface area contributed by atoms with Gasteiger partial charge in [-0.1, -0.05) is 39.0 Å². The summed E-state index contributed by atoms with van der Waals surface area (Å²) in [5, 5.41) is 45.3. The highest BCUT2D eigenvalue weighted by molar-refractivity contribution is 5.90. The van der Waals surface area contributed by atoms with Crippen LogP contribution in [0.3, 0.4) is 0 Å². The van der Waals surface area contributed by atoms with Crippen molar-refractivity contribution < 1.29 is 50.4 Å². The first-order chi connectivity index (χ1) is 27.5. The number of aliphatic hydroxyl groups is 2. The molecule has 8 N–H and O–H groups in total. The van der Waals surface area contributed by atoms with E-state index in [1.165, 1.54) is 30.5 Å². The summed E-state index contributed by atoms with van der Waals surface area (Å²) in [5.41, 5.74) is 1.04. The van der Waals surface area contributed by atoms with Gasteiger partial charge >= 0.3 is 0 Å². The number of halogens is 2. The number of carbonyl (C=O) groups excluding carboxylic acids is 1. The molecule has 11 atom stereocenters. The zero-order chi connectivity index (χ0) is 40.6. The van der Waals surface area contributed by atoms with Gasteiger partial charge in [-0.15, -0.1) is 31.4 Å². The topological polar surface area (TPSA) is 195 Å². The van der Waals surface area contributed by atoms with Crippen molar-refractivity contribution in [2.45, 2.75) is 150 Å². The minimum atomic E-state index is -1.00. The van der Waals surface area contributed by atoms with E-state index in [4.69, 9.17) is 14.2 Å². The summed E-state index contributed by atoms with van der Waals surface area (Å²) in [5.74, 6) is 2.33. The molecule has 62 heavy (non-hydrogen) atoms. The molecule has 2 saturated heterocycles. The van der Waals surface area contributed by atoms with Crippen LogP contribution in [0, 0.1) is 22.7 Å². The third kappa shape index (κ3) is 5.42. The van der Waals surface area contributed by atoms with Gasteiger partial charge < -0.3 is 45.6 Å². The van der Waals surface area contributed by atoms with E-state index >= 15 is 0 Å². The third-order valence-corrected chi connectivity index (χ3v) is 18.6. The van der Waals surface area contributed by atoms with E-state index < -0.39 is 28.3 Å². The molecule has 14 heteroatoms. The Labute approximate surface area is 377 Å². The molecule has 2 aromatic carbocycles. The molecule has 0 unspecified atom stereocenters. The molecule has 0 radical (unpaired) electrons. The number of phenols is 2. The number of phenolic OH excluding ortho intramolecular Hbond substituents is 2. The summed E-state index contributed by atoms with van der Waals surface area (Å²) in [7, 11) is 1.83. The molecule has 12 nitrogen and oxygen atoms in total. The molecule has 344 valence electrons. The smallest absolute Gasteiger partial charge is 0.174 e. The first kappa shape index (κ1) is 47.3. The molecule has 4 heterocycles. The first-order valence-electron chi connectivity index (χ1n) is 22.2. The summed E-state index contributed by atoms with van der Waals surface area (Å²) in [6, 6.07) is 7.98. The van der Waals surface area contributed by atoms with Crippen LogP contribution in [0.5, 0.6) is 23.0 Å². The standard InChI is InChI=1S/C29H41NO4.C19H21NO4.2ClH.2H2O/c1-25(2,3)26(4,32)20-15-27-10-11-29(20,33-5)24-28(27)12-13-30(16-17-6-7-17)21(27)14-18-8-9-19(31)23(34-24)22(18)28;1-2-8-20-9-7-18-15-11-3-4-12(21)16(15)24-17(18)13(22)5-6-19(18,23)14(20)10-11;;;;/h8-9,17,20-21,24,31-32H,6-7,10-16H2,1-5H3;2-4,14,17,21,23H,1,5-10H2;2*1H;2*1H2/t20-,21-,24-,26+,27-,28+,29-;14-,17+,18+,19-;;;;/m11..../s1. The average Bonchev–Trinajstić information content (AvgIpc) is 3.82. The lowest BCUT2D eigenvalue weighted by molar-refractivity contribution is -0.312. The van der Waals surface area contributed by atoms with Gasteiger partial charge in [0.1, 0.15) is 11.7 Å². The van der Waals surface area contributed by atoms with Crippen LogP contribution in [0.4, 0.5) is 0 Å². The highest BCUT2D eigenvalue weighted by Crippen LogP contribution is 2.78. The fourth-order valence-electron chi connectivity index (χ4n) is 15.4. The van der Waals surface area contributed by atoms with Gasteiger partial charge in [-0.3, -0.25) is 14.6 Å². The van der Waals surface area contributed by atoms with Gasteiger partial charge in [0.05, 0.1) is 16.6 Å². The molecule has 3 spiro atoms. The Morgan fingerprint density at radius 1 is 0.855 bits per heavy atom. The van der Waals surface area contributed by atoms with Gasteiger partial charge in [0.25, 0.3) is 0 Å². The Morgan fingerprint density at radius 3 is 2.06 bits per heavy atom. The third-order valence-electron chi connectivity index (χ3n) is 18.6. The summed E-state index contributed by atoms with van der Waals surface area (Å²) < 4.78 is 19.4. The number of methoxy groups -OCH3 is 1. The van der Waals surface area contributed by atoms with Crippen LogP contribution in [0.25, 0.3) is 0 Å². The SMILES string of the molecule is C=CCN1CC[C@]23c4c5ccc(O)c4O[C@H]2C(=O)CC[C@@]3(O)[C@H]1C5.CO[C@]12CC[C@@]3(C[C@@H]1[C@](C)(O)C(C)(C)C)[C@H]1Cc4ccc(O)c5c4[C@@]3(CCN1CC1CC1)[C@H]2O5.Cl.Cl.O.O. The predicted octanol–water partition coefficient (Wildman–Crippen LogP) is 4.91. The second-order valence-electron chi connectivity index (χ2n) is 21.4. The minimum absolute atomic E-state index is 0. The van der Waals surface area contributed by atoms with E-state index in [9.17, 15) is 25.2 Å². The van der Waals surface area contributed by atoms with E-state index in [1.54, 1.807) is 6.07 Å². The second-order valence-corrected chi connectivity index (χ2v) is 21.4. The van der Waals surface area contributed by atoms with Crippen molar-refractivity contribution in [3.8, 4) is 23.0 Å². The average molecular weight is 904 g/mol. The van der Waals surface area contributed by atoms with Gasteiger partial charge in [-0.2, -0.15) is 0 Å². The van der Waals surface area contributed by atoms with E-state index in [2.05, 4.69) is 43.2 Å². The van der Waals surface area contributed by atoms with Crippen molar-refractivity contribution in [2.75, 3.05) is 33.3 Å². The van der Waals surface area contributed by atoms with Crippen molar-refractivity contribution in [3.05, 3.63) is 59.2 Å². The molecule has 13 rings (SSSR count). The van der Waals surface area contributed by atoms with Gasteiger partial charge in [-0.25, -0.2) is 0 Å². The lowest BCUT2D eigenvalue weighted by Crippen LogP contribution is -2.83. The maximum Gasteiger partial charge on any atom is 0.174 e. The van der Waals surface area contributed by atoms with Crippen LogP contribution >= 0.6 is 24.8 Å². The lowest BCUT2D eigenvalue weighted by atomic mass is 9.33. The predicted molar refractivity (Wildman–Crippen MR) is 239 cm³/mol. The lowest BCUT2D eigenvalue weighted by Gasteiger charge is -2.75. The number of likely N-dealkylation sites (tertiary alicyclic amines) is 2. The van der Waals surface area contributed by atoms with E-state index in [0.717, 1.165) is 68.8 Å². The summed E-state index contributed by atoms with van der Waals surface area (Å²) in [6.07, 6.45) is 11.0. The van der Waals surface area contributed by atoms with Crippen LogP contribution in [-0.4, -0.2) is 121 Å². The number of hydrogen-bond acceptors (Lipinski definition) is 10. The van der Waals surface area contributed by atoms with Crippen molar-refractivity contribution >= 4 is 30.6 Å². The second kappa shape index (κ2) is 14.9. The number of aromatic hydroxyl groups is 2. The number of benzene rings is 2. The summed E-state index contributed by atoms with van der Waals surface area (Å²) in [4.78, 5) is 17.7. The molecule has 7 fully saturated rings. The number of carbonyl (C=O) groups is 1.